The summed E-state index contributed by atoms with van der Waals surface area (Å²) in [7, 11) is 0. The Hall–Kier alpha value is -0.530. The van der Waals surface area contributed by atoms with Crippen LogP contribution in [0.2, 0.25) is 0 Å². The molecule has 1 N–H and O–H groups in total. The van der Waals surface area contributed by atoms with Gasteiger partial charge < -0.3 is 5.11 Å². The molecule has 1 aliphatic rings. The first-order valence-corrected chi connectivity index (χ1v) is 9.45. The van der Waals surface area contributed by atoms with E-state index in [-0.39, 0.29) is 0 Å². The van der Waals surface area contributed by atoms with Crippen LogP contribution in [-0.2, 0) is 4.79 Å². The normalized spacial score (nSPS) is 20.6. The minimum absolute atomic E-state index is 0.350. The van der Waals surface area contributed by atoms with Crippen LogP contribution in [0.25, 0.3) is 0 Å². The lowest BCUT2D eigenvalue weighted by Gasteiger charge is -2.02. The van der Waals surface area contributed by atoms with Crippen molar-refractivity contribution in [3.63, 3.8) is 0 Å². The molecule has 0 aliphatic heterocycles. The molecule has 2 atom stereocenters. The molecule has 0 aromatic heterocycles. The molecule has 1 fully saturated rings. The van der Waals surface area contributed by atoms with Crippen LogP contribution in [0.15, 0.2) is 0 Å². The van der Waals surface area contributed by atoms with Crippen molar-refractivity contribution in [2.45, 2.75) is 103 Å². The van der Waals surface area contributed by atoms with Crippen molar-refractivity contribution < 1.29 is 9.90 Å². The third kappa shape index (κ3) is 10.8. The predicted octanol–water partition coefficient (Wildman–Crippen LogP) is 6.19. The molecule has 1 rings (SSSR count). The molecule has 0 aromatic carbocycles. The highest BCUT2D eigenvalue weighted by Gasteiger charge is 2.34. The van der Waals surface area contributed by atoms with E-state index >= 15 is 0 Å². The Balaban J connectivity index is 1.77. The number of hydrogen-bond donors (Lipinski definition) is 1. The smallest absolute Gasteiger partial charge is 0.303 e. The first-order chi connectivity index (χ1) is 10.2. The second kappa shape index (κ2) is 12.1. The molecule has 0 heterocycles. The molecular formula is C19H36O2. The summed E-state index contributed by atoms with van der Waals surface area (Å²) in [5.74, 6) is 1.45. The Morgan fingerprint density at radius 2 is 1.29 bits per heavy atom. The molecule has 0 bridgehead atoms. The number of carboxylic acid groups (broad SMARTS) is 1. The Labute approximate surface area is 131 Å². The van der Waals surface area contributed by atoms with Gasteiger partial charge in [-0.25, -0.2) is 0 Å². The van der Waals surface area contributed by atoms with Crippen LogP contribution < -0.4 is 0 Å². The fourth-order valence-electron chi connectivity index (χ4n) is 3.42. The van der Waals surface area contributed by atoms with E-state index in [1.807, 2.05) is 0 Å². The molecular weight excluding hydrogens is 260 g/mol. The van der Waals surface area contributed by atoms with Gasteiger partial charge in [0.1, 0.15) is 0 Å². The lowest BCUT2D eigenvalue weighted by atomic mass is 10.0. The van der Waals surface area contributed by atoms with E-state index in [1.165, 1.54) is 77.0 Å². The Bertz CT molecular complexity index is 262. The Morgan fingerprint density at radius 3 is 1.81 bits per heavy atom. The molecule has 1 aliphatic carbocycles. The number of carboxylic acids is 1. The van der Waals surface area contributed by atoms with Gasteiger partial charge in [-0.2, -0.15) is 0 Å². The lowest BCUT2D eigenvalue weighted by molar-refractivity contribution is -0.137. The third-order valence-corrected chi connectivity index (χ3v) is 4.96. The second-order valence-electron chi connectivity index (χ2n) is 7.01. The minimum Gasteiger partial charge on any atom is -0.481 e. The molecule has 124 valence electrons. The van der Waals surface area contributed by atoms with Crippen molar-refractivity contribution in [2.75, 3.05) is 0 Å². The van der Waals surface area contributed by atoms with E-state index < -0.39 is 5.97 Å². The molecule has 0 unspecified atom stereocenters. The summed E-state index contributed by atoms with van der Waals surface area (Å²) in [4.78, 5) is 10.4. The van der Waals surface area contributed by atoms with Gasteiger partial charge in [-0.05, 0) is 24.7 Å². The molecule has 0 aromatic rings. The first-order valence-electron chi connectivity index (χ1n) is 9.45. The molecule has 0 amide bonds. The van der Waals surface area contributed by atoms with Gasteiger partial charge in [0.05, 0.1) is 0 Å². The molecule has 0 spiro atoms. The van der Waals surface area contributed by atoms with E-state index in [0.717, 1.165) is 24.7 Å². The van der Waals surface area contributed by atoms with Gasteiger partial charge in [0.25, 0.3) is 0 Å². The van der Waals surface area contributed by atoms with Crippen molar-refractivity contribution in [1.29, 1.82) is 0 Å². The van der Waals surface area contributed by atoms with Gasteiger partial charge in [-0.1, -0.05) is 84.0 Å². The fourth-order valence-corrected chi connectivity index (χ4v) is 3.42. The summed E-state index contributed by atoms with van der Waals surface area (Å²) < 4.78 is 0. The maximum atomic E-state index is 10.4. The maximum Gasteiger partial charge on any atom is 0.303 e. The van der Waals surface area contributed by atoms with Crippen LogP contribution in [0, 0.1) is 11.8 Å². The van der Waals surface area contributed by atoms with E-state index in [9.17, 15) is 4.79 Å². The zero-order chi connectivity index (χ0) is 15.3. The quantitative estimate of drug-likeness (QED) is 0.366. The molecule has 2 nitrogen and oxygen atoms in total. The summed E-state index contributed by atoms with van der Waals surface area (Å²) >= 11 is 0. The minimum atomic E-state index is -0.648. The van der Waals surface area contributed by atoms with Crippen LogP contribution in [0.3, 0.4) is 0 Å². The van der Waals surface area contributed by atoms with Gasteiger partial charge in [-0.3, -0.25) is 4.79 Å². The van der Waals surface area contributed by atoms with Gasteiger partial charge in [-0.15, -0.1) is 0 Å². The zero-order valence-electron chi connectivity index (χ0n) is 14.1. The highest BCUT2D eigenvalue weighted by atomic mass is 16.4. The zero-order valence-corrected chi connectivity index (χ0v) is 14.1. The highest BCUT2D eigenvalue weighted by Crippen LogP contribution is 2.45. The Morgan fingerprint density at radius 1 is 0.810 bits per heavy atom. The lowest BCUT2D eigenvalue weighted by Crippen LogP contribution is -1.93. The number of carbonyl (C=O) groups is 1. The number of unbranched alkanes of at least 4 members (excludes halogenated alkanes) is 9. The maximum absolute atomic E-state index is 10.4. The van der Waals surface area contributed by atoms with Crippen molar-refractivity contribution >= 4 is 5.97 Å². The van der Waals surface area contributed by atoms with Crippen LogP contribution >= 0.6 is 0 Å². The predicted molar refractivity (Wildman–Crippen MR) is 89.5 cm³/mol. The van der Waals surface area contributed by atoms with Crippen molar-refractivity contribution in [2.24, 2.45) is 11.8 Å². The molecule has 21 heavy (non-hydrogen) atoms. The largest absolute Gasteiger partial charge is 0.481 e. The standard InChI is InChI=1S/C19H36O2/c1-2-3-4-5-7-10-13-17-16-18(17)14-11-8-6-9-12-15-19(20)21/h17-18H,2-16H2,1H3,(H,20,21)/t17-,18+/m0/s1. The van der Waals surface area contributed by atoms with Gasteiger partial charge in [0, 0.05) is 6.42 Å². The van der Waals surface area contributed by atoms with E-state index in [2.05, 4.69) is 6.92 Å². The SMILES string of the molecule is CCCCCCCC[C@H]1C[C@H]1CCCCCCCC(=O)O. The molecule has 1 saturated carbocycles. The van der Waals surface area contributed by atoms with Crippen LogP contribution in [0.5, 0.6) is 0 Å². The first kappa shape index (κ1) is 18.5. The van der Waals surface area contributed by atoms with Crippen molar-refractivity contribution in [3.05, 3.63) is 0 Å². The number of hydrogen-bond acceptors (Lipinski definition) is 1. The number of aliphatic carboxylic acids is 1. The summed E-state index contributed by atoms with van der Waals surface area (Å²) in [6, 6.07) is 0. The summed E-state index contributed by atoms with van der Waals surface area (Å²) in [5.41, 5.74) is 0. The summed E-state index contributed by atoms with van der Waals surface area (Å²) in [6.45, 7) is 2.28. The monoisotopic (exact) mass is 296 g/mol. The Kier molecular flexibility index (Phi) is 10.6. The third-order valence-electron chi connectivity index (χ3n) is 4.96. The van der Waals surface area contributed by atoms with E-state index in [4.69, 9.17) is 5.11 Å². The van der Waals surface area contributed by atoms with Crippen LogP contribution in [0.1, 0.15) is 103 Å². The topological polar surface area (TPSA) is 37.3 Å². The van der Waals surface area contributed by atoms with E-state index in [0.29, 0.717) is 6.42 Å². The van der Waals surface area contributed by atoms with Gasteiger partial charge >= 0.3 is 5.97 Å². The second-order valence-corrected chi connectivity index (χ2v) is 7.01. The number of rotatable bonds is 15. The van der Waals surface area contributed by atoms with Crippen LogP contribution in [0.4, 0.5) is 0 Å². The van der Waals surface area contributed by atoms with Gasteiger partial charge in [0.2, 0.25) is 0 Å². The van der Waals surface area contributed by atoms with Crippen LogP contribution in [-0.4, -0.2) is 11.1 Å². The average molecular weight is 296 g/mol. The van der Waals surface area contributed by atoms with E-state index in [1.54, 1.807) is 0 Å². The highest BCUT2D eigenvalue weighted by molar-refractivity contribution is 5.66. The molecule has 2 heteroatoms. The van der Waals surface area contributed by atoms with Gasteiger partial charge in [0.15, 0.2) is 0 Å². The van der Waals surface area contributed by atoms with Crippen molar-refractivity contribution in [1.82, 2.24) is 0 Å². The summed E-state index contributed by atoms with van der Waals surface area (Å²) in [5, 5.41) is 8.56. The van der Waals surface area contributed by atoms with Crippen molar-refractivity contribution in [3.8, 4) is 0 Å². The fraction of sp³-hybridized carbons (Fsp3) is 0.947. The molecule has 0 saturated heterocycles. The molecule has 0 radical (unpaired) electrons. The summed E-state index contributed by atoms with van der Waals surface area (Å²) in [6.07, 6.45) is 19.2. The average Bonchev–Trinajstić information content (AvgIpc) is 3.20.